The van der Waals surface area contributed by atoms with Crippen LogP contribution in [0.15, 0.2) is 0 Å². The zero-order valence-electron chi connectivity index (χ0n) is 12.8. The highest BCUT2D eigenvalue weighted by molar-refractivity contribution is 5.95. The van der Waals surface area contributed by atoms with E-state index < -0.39 is 12.1 Å². The Labute approximate surface area is 118 Å². The Morgan fingerprint density at radius 3 is 2.35 bits per heavy atom. The molecule has 3 N–H and O–H groups in total. The van der Waals surface area contributed by atoms with Gasteiger partial charge >= 0.3 is 5.97 Å². The highest BCUT2D eigenvalue weighted by Crippen LogP contribution is 2.17. The number of rotatable bonds is 3. The molecule has 1 unspecified atom stereocenters. The summed E-state index contributed by atoms with van der Waals surface area (Å²) in [6.45, 7) is 8.76. The number of hydrogen-bond acceptors (Lipinski definition) is 5. The molecule has 1 aromatic heterocycles. The van der Waals surface area contributed by atoms with E-state index in [4.69, 9.17) is 10.5 Å². The summed E-state index contributed by atoms with van der Waals surface area (Å²) in [5.74, 6) is -1.02. The summed E-state index contributed by atoms with van der Waals surface area (Å²) in [4.78, 5) is 23.9. The van der Waals surface area contributed by atoms with Crippen molar-refractivity contribution < 1.29 is 14.3 Å². The number of aromatic nitrogens is 2. The molecule has 0 bridgehead atoms. The molecule has 0 aromatic carbocycles. The number of nitrogen functional groups attached to an aromatic ring is 1. The number of amides is 1. The van der Waals surface area contributed by atoms with Gasteiger partial charge in [-0.25, -0.2) is 4.79 Å². The number of anilines is 1. The second kappa shape index (κ2) is 5.52. The van der Waals surface area contributed by atoms with Crippen molar-refractivity contribution in [3.05, 3.63) is 11.4 Å². The van der Waals surface area contributed by atoms with Gasteiger partial charge in [0.05, 0.1) is 11.4 Å². The second-order valence-electron chi connectivity index (χ2n) is 5.76. The van der Waals surface area contributed by atoms with E-state index in [2.05, 4.69) is 10.4 Å². The molecule has 7 nitrogen and oxygen atoms in total. The predicted octanol–water partition coefficient (Wildman–Crippen LogP) is 0.771. The van der Waals surface area contributed by atoms with Crippen molar-refractivity contribution in [3.63, 3.8) is 0 Å². The van der Waals surface area contributed by atoms with Gasteiger partial charge in [0.25, 0.3) is 5.91 Å². The Bertz CT molecular complexity index is 528. The second-order valence-corrected chi connectivity index (χ2v) is 5.76. The zero-order chi connectivity index (χ0) is 15.7. The minimum atomic E-state index is -0.906. The average Bonchev–Trinajstić information content (AvgIpc) is 2.50. The first-order valence-electron chi connectivity index (χ1n) is 6.35. The lowest BCUT2D eigenvalue weighted by Gasteiger charge is -2.23. The third-order valence-electron chi connectivity index (χ3n) is 2.61. The lowest BCUT2D eigenvalue weighted by Crippen LogP contribution is -2.46. The van der Waals surface area contributed by atoms with E-state index >= 15 is 0 Å². The van der Waals surface area contributed by atoms with Gasteiger partial charge in [0.15, 0.2) is 11.8 Å². The maximum Gasteiger partial charge on any atom is 0.359 e. The fourth-order valence-corrected chi connectivity index (χ4v) is 1.66. The van der Waals surface area contributed by atoms with Crippen LogP contribution in [-0.2, 0) is 16.6 Å². The fraction of sp³-hybridized carbons (Fsp3) is 0.615. The van der Waals surface area contributed by atoms with Gasteiger partial charge in [0.1, 0.15) is 0 Å². The van der Waals surface area contributed by atoms with Crippen molar-refractivity contribution in [1.29, 1.82) is 0 Å². The number of nitrogens with zero attached hydrogens (tertiary/aromatic N) is 2. The molecule has 0 radical (unpaired) electrons. The maximum atomic E-state index is 12.0. The maximum absolute atomic E-state index is 12.0. The van der Waals surface area contributed by atoms with Crippen LogP contribution in [0.5, 0.6) is 0 Å². The van der Waals surface area contributed by atoms with Crippen molar-refractivity contribution in [2.45, 2.75) is 46.3 Å². The van der Waals surface area contributed by atoms with Gasteiger partial charge in [-0.05, 0) is 34.6 Å². The third kappa shape index (κ3) is 3.72. The van der Waals surface area contributed by atoms with E-state index in [1.165, 1.54) is 11.6 Å². The predicted molar refractivity (Wildman–Crippen MR) is 75.1 cm³/mol. The standard InChI is InChI=1S/C13H22N4O3/c1-7-9(14)10(17(6)16-7)12(19)20-8(2)11(18)15-13(3,4)5/h8H,14H2,1-6H3,(H,15,18). The number of aryl methyl sites for hydroxylation is 2. The topological polar surface area (TPSA) is 99.2 Å². The van der Waals surface area contributed by atoms with Gasteiger partial charge in [-0.2, -0.15) is 5.10 Å². The van der Waals surface area contributed by atoms with Crippen LogP contribution in [0.4, 0.5) is 5.69 Å². The summed E-state index contributed by atoms with van der Waals surface area (Å²) in [5, 5.41) is 6.77. The summed E-state index contributed by atoms with van der Waals surface area (Å²) in [7, 11) is 1.60. The number of ether oxygens (including phenoxy) is 1. The summed E-state index contributed by atoms with van der Waals surface area (Å²) >= 11 is 0. The zero-order valence-corrected chi connectivity index (χ0v) is 12.8. The van der Waals surface area contributed by atoms with Crippen molar-refractivity contribution >= 4 is 17.6 Å². The SMILES string of the molecule is Cc1nn(C)c(C(=O)OC(C)C(=O)NC(C)(C)C)c1N. The molecule has 0 aliphatic rings. The molecule has 7 heteroatoms. The van der Waals surface area contributed by atoms with E-state index in [1.54, 1.807) is 14.0 Å². The average molecular weight is 282 g/mol. The van der Waals surface area contributed by atoms with Crippen molar-refractivity contribution in [3.8, 4) is 0 Å². The molecule has 20 heavy (non-hydrogen) atoms. The summed E-state index contributed by atoms with van der Waals surface area (Å²) in [6, 6.07) is 0. The number of nitrogens with two attached hydrogens (primary N) is 1. The van der Waals surface area contributed by atoms with Crippen LogP contribution in [0.1, 0.15) is 43.9 Å². The minimum absolute atomic E-state index is 0.151. The first kappa shape index (κ1) is 16.0. The van der Waals surface area contributed by atoms with E-state index in [0.717, 1.165) is 0 Å². The van der Waals surface area contributed by atoms with Gasteiger partial charge < -0.3 is 15.8 Å². The molecule has 1 rings (SSSR count). The number of hydrogen-bond donors (Lipinski definition) is 2. The number of nitrogens with one attached hydrogen (secondary N) is 1. The Morgan fingerprint density at radius 1 is 1.40 bits per heavy atom. The van der Waals surface area contributed by atoms with Crippen LogP contribution >= 0.6 is 0 Å². The minimum Gasteiger partial charge on any atom is -0.448 e. The monoisotopic (exact) mass is 282 g/mol. The molecular weight excluding hydrogens is 260 g/mol. The number of carbonyl (C=O) groups excluding carboxylic acids is 2. The molecule has 1 atom stereocenters. The lowest BCUT2D eigenvalue weighted by molar-refractivity contribution is -0.130. The van der Waals surface area contributed by atoms with Gasteiger partial charge in [0.2, 0.25) is 0 Å². The largest absolute Gasteiger partial charge is 0.448 e. The molecule has 0 saturated carbocycles. The van der Waals surface area contributed by atoms with Crippen LogP contribution in [0.3, 0.4) is 0 Å². The van der Waals surface area contributed by atoms with Crippen LogP contribution in [0, 0.1) is 6.92 Å². The van der Waals surface area contributed by atoms with E-state index in [1.807, 2.05) is 20.8 Å². The fourth-order valence-electron chi connectivity index (χ4n) is 1.66. The highest BCUT2D eigenvalue weighted by Gasteiger charge is 2.26. The molecule has 1 heterocycles. The van der Waals surface area contributed by atoms with Crippen LogP contribution in [0.25, 0.3) is 0 Å². The van der Waals surface area contributed by atoms with Gasteiger partial charge in [-0.15, -0.1) is 0 Å². The molecule has 112 valence electrons. The highest BCUT2D eigenvalue weighted by atomic mass is 16.5. The lowest BCUT2D eigenvalue weighted by atomic mass is 10.1. The Hall–Kier alpha value is -2.05. The quantitative estimate of drug-likeness (QED) is 0.798. The smallest absolute Gasteiger partial charge is 0.359 e. The van der Waals surface area contributed by atoms with Crippen molar-refractivity contribution in [1.82, 2.24) is 15.1 Å². The van der Waals surface area contributed by atoms with Crippen LogP contribution in [0.2, 0.25) is 0 Å². The molecule has 1 amide bonds. The molecule has 1 aromatic rings. The first-order valence-corrected chi connectivity index (χ1v) is 6.35. The summed E-state index contributed by atoms with van der Waals surface area (Å²) in [6.07, 6.45) is -0.906. The van der Waals surface area contributed by atoms with E-state index in [0.29, 0.717) is 5.69 Å². The van der Waals surface area contributed by atoms with Crippen molar-refractivity contribution in [2.75, 3.05) is 5.73 Å². The van der Waals surface area contributed by atoms with Gasteiger partial charge in [0, 0.05) is 12.6 Å². The Kier molecular flexibility index (Phi) is 4.42. The van der Waals surface area contributed by atoms with Crippen LogP contribution < -0.4 is 11.1 Å². The van der Waals surface area contributed by atoms with E-state index in [-0.39, 0.29) is 22.8 Å². The van der Waals surface area contributed by atoms with Gasteiger partial charge in [-0.3, -0.25) is 9.48 Å². The van der Waals surface area contributed by atoms with Gasteiger partial charge in [-0.1, -0.05) is 0 Å². The molecule has 0 fully saturated rings. The Morgan fingerprint density at radius 2 is 1.95 bits per heavy atom. The molecule has 0 spiro atoms. The third-order valence-corrected chi connectivity index (χ3v) is 2.61. The Balaban J connectivity index is 2.78. The molecule has 0 aliphatic carbocycles. The first-order chi connectivity index (χ1) is 9.03. The summed E-state index contributed by atoms with van der Waals surface area (Å²) in [5.41, 5.74) is 6.35. The van der Waals surface area contributed by atoms with Crippen molar-refractivity contribution in [2.24, 2.45) is 7.05 Å². The number of carbonyl (C=O) groups is 2. The number of esters is 1. The van der Waals surface area contributed by atoms with E-state index in [9.17, 15) is 9.59 Å². The molecule has 0 saturated heterocycles. The molecular formula is C13H22N4O3. The normalized spacial score (nSPS) is 12.9. The van der Waals surface area contributed by atoms with Crippen LogP contribution in [-0.4, -0.2) is 33.3 Å². The summed E-state index contributed by atoms with van der Waals surface area (Å²) < 4.78 is 6.48. The molecule has 0 aliphatic heterocycles.